The minimum atomic E-state index is -0.194. The lowest BCUT2D eigenvalue weighted by Crippen LogP contribution is -2.30. The molecule has 1 heterocycles. The van der Waals surface area contributed by atoms with E-state index in [1.807, 2.05) is 25.5 Å². The zero-order valence-electron chi connectivity index (χ0n) is 10.0. The van der Waals surface area contributed by atoms with Crippen LogP contribution in [0.2, 0.25) is 0 Å². The average Bonchev–Trinajstić information content (AvgIpc) is 2.59. The van der Waals surface area contributed by atoms with E-state index in [1.54, 1.807) is 18.1 Å². The Balaban J connectivity index is 2.27. The molecular formula is C10H19N5S. The first kappa shape index (κ1) is 13.0. The Hall–Kier alpha value is -1.04. The molecule has 0 aliphatic rings. The molecule has 6 heteroatoms. The third-order valence-electron chi connectivity index (χ3n) is 2.58. The van der Waals surface area contributed by atoms with E-state index in [2.05, 4.69) is 10.2 Å². The van der Waals surface area contributed by atoms with Crippen LogP contribution in [0.5, 0.6) is 0 Å². The second-order valence-corrected chi connectivity index (χ2v) is 5.54. The monoisotopic (exact) mass is 241 g/mol. The third kappa shape index (κ3) is 3.52. The molecule has 3 N–H and O–H groups in total. The summed E-state index contributed by atoms with van der Waals surface area (Å²) in [6.45, 7) is 4.00. The van der Waals surface area contributed by atoms with E-state index < -0.39 is 0 Å². The Kier molecular flexibility index (Phi) is 4.35. The summed E-state index contributed by atoms with van der Waals surface area (Å²) in [5.74, 6) is 1.24. The molecule has 0 spiro atoms. The first-order valence-corrected chi connectivity index (χ1v) is 6.23. The maximum Gasteiger partial charge on any atom is 0.190 e. The van der Waals surface area contributed by atoms with E-state index in [0.717, 1.165) is 23.8 Å². The number of aromatic nitrogens is 3. The van der Waals surface area contributed by atoms with Gasteiger partial charge in [0.05, 0.1) is 5.84 Å². The smallest absolute Gasteiger partial charge is 0.190 e. The highest BCUT2D eigenvalue weighted by atomic mass is 32.2. The normalized spacial score (nSPS) is 11.7. The van der Waals surface area contributed by atoms with Crippen LogP contribution in [0.3, 0.4) is 0 Å². The van der Waals surface area contributed by atoms with Crippen molar-refractivity contribution in [1.29, 1.82) is 5.41 Å². The Bertz CT molecular complexity index is 358. The van der Waals surface area contributed by atoms with Gasteiger partial charge in [0.2, 0.25) is 0 Å². The lowest BCUT2D eigenvalue weighted by atomic mass is 9.87. The lowest BCUT2D eigenvalue weighted by molar-refractivity contribution is 0.464. The molecule has 5 nitrogen and oxygen atoms in total. The van der Waals surface area contributed by atoms with Crippen LogP contribution in [-0.4, -0.2) is 26.4 Å². The summed E-state index contributed by atoms with van der Waals surface area (Å²) in [7, 11) is 1.93. The van der Waals surface area contributed by atoms with Crippen LogP contribution < -0.4 is 5.73 Å². The third-order valence-corrected chi connectivity index (χ3v) is 3.70. The fourth-order valence-electron chi connectivity index (χ4n) is 1.22. The predicted octanol–water partition coefficient (Wildman–Crippen LogP) is 1.65. The molecule has 90 valence electrons. The summed E-state index contributed by atoms with van der Waals surface area (Å²) >= 11 is 1.68. The van der Waals surface area contributed by atoms with E-state index in [4.69, 9.17) is 11.1 Å². The van der Waals surface area contributed by atoms with Gasteiger partial charge in [-0.1, -0.05) is 25.6 Å². The van der Waals surface area contributed by atoms with Crippen LogP contribution in [0.1, 0.15) is 26.7 Å². The molecule has 0 fully saturated rings. The zero-order valence-corrected chi connectivity index (χ0v) is 10.8. The molecule has 0 bridgehead atoms. The summed E-state index contributed by atoms with van der Waals surface area (Å²) in [5.41, 5.74) is 5.33. The highest BCUT2D eigenvalue weighted by molar-refractivity contribution is 7.99. The molecule has 0 aliphatic heterocycles. The number of rotatable bonds is 6. The fraction of sp³-hybridized carbons (Fsp3) is 0.700. The minimum Gasteiger partial charge on any atom is -0.387 e. The van der Waals surface area contributed by atoms with Crippen LogP contribution >= 0.6 is 11.8 Å². The van der Waals surface area contributed by atoms with Crippen LogP contribution in [0, 0.1) is 10.8 Å². The van der Waals surface area contributed by atoms with Crippen molar-refractivity contribution in [3.05, 3.63) is 6.33 Å². The Morgan fingerprint density at radius 3 is 2.81 bits per heavy atom. The Labute approximate surface area is 100 Å². The summed E-state index contributed by atoms with van der Waals surface area (Å²) < 4.78 is 1.90. The maximum atomic E-state index is 7.45. The summed E-state index contributed by atoms with van der Waals surface area (Å²) in [4.78, 5) is 0. The van der Waals surface area contributed by atoms with Crippen molar-refractivity contribution in [2.24, 2.45) is 18.2 Å². The van der Waals surface area contributed by atoms with Gasteiger partial charge in [0.25, 0.3) is 0 Å². The van der Waals surface area contributed by atoms with Crippen molar-refractivity contribution in [1.82, 2.24) is 14.8 Å². The Morgan fingerprint density at radius 2 is 2.31 bits per heavy atom. The number of thioether (sulfide) groups is 1. The second-order valence-electron chi connectivity index (χ2n) is 4.47. The molecule has 0 unspecified atom stereocenters. The molecular weight excluding hydrogens is 222 g/mol. The molecule has 1 aromatic rings. The largest absolute Gasteiger partial charge is 0.387 e. The van der Waals surface area contributed by atoms with Gasteiger partial charge in [-0.3, -0.25) is 5.41 Å². The fourth-order valence-corrected chi connectivity index (χ4v) is 2.04. The number of nitrogens with one attached hydrogen (secondary N) is 1. The van der Waals surface area contributed by atoms with Crippen molar-refractivity contribution in [3.8, 4) is 0 Å². The van der Waals surface area contributed by atoms with E-state index in [1.165, 1.54) is 0 Å². The number of hydrogen-bond acceptors (Lipinski definition) is 4. The van der Waals surface area contributed by atoms with Crippen LogP contribution in [0.25, 0.3) is 0 Å². The molecule has 0 amide bonds. The molecule has 0 aliphatic carbocycles. The quantitative estimate of drug-likeness (QED) is 0.343. The van der Waals surface area contributed by atoms with E-state index in [9.17, 15) is 0 Å². The number of aryl methyl sites for hydroxylation is 1. The molecule has 1 aromatic heterocycles. The lowest BCUT2D eigenvalue weighted by Gasteiger charge is -2.22. The highest BCUT2D eigenvalue weighted by Crippen LogP contribution is 2.24. The van der Waals surface area contributed by atoms with Gasteiger partial charge in [-0.15, -0.1) is 10.2 Å². The molecule has 16 heavy (non-hydrogen) atoms. The number of nitrogens with two attached hydrogens (primary N) is 1. The number of hydrogen-bond donors (Lipinski definition) is 2. The summed E-state index contributed by atoms with van der Waals surface area (Å²) in [5, 5.41) is 16.2. The standard InChI is InChI=1S/C10H19N5S/c1-10(2,8(11)12)5-4-6-16-9-14-13-7-15(9)3/h7H,4-6H2,1-3H3,(H3,11,12). The van der Waals surface area contributed by atoms with E-state index in [-0.39, 0.29) is 11.3 Å². The van der Waals surface area contributed by atoms with Gasteiger partial charge in [0, 0.05) is 18.2 Å². The predicted molar refractivity (Wildman–Crippen MR) is 66.7 cm³/mol. The van der Waals surface area contributed by atoms with Crippen molar-refractivity contribution in [3.63, 3.8) is 0 Å². The van der Waals surface area contributed by atoms with E-state index in [0.29, 0.717) is 0 Å². The van der Waals surface area contributed by atoms with Gasteiger partial charge in [-0.25, -0.2) is 0 Å². The molecule has 1 rings (SSSR count). The van der Waals surface area contributed by atoms with Crippen molar-refractivity contribution in [2.45, 2.75) is 31.8 Å². The minimum absolute atomic E-state index is 0.194. The van der Waals surface area contributed by atoms with Crippen molar-refractivity contribution in [2.75, 3.05) is 5.75 Å². The van der Waals surface area contributed by atoms with Gasteiger partial charge >= 0.3 is 0 Å². The SMILES string of the molecule is Cn1cnnc1SCCCC(C)(C)C(=N)N. The van der Waals surface area contributed by atoms with Gasteiger partial charge in [0.1, 0.15) is 6.33 Å². The first-order chi connectivity index (χ1) is 7.43. The zero-order chi connectivity index (χ0) is 12.2. The summed E-state index contributed by atoms with van der Waals surface area (Å²) in [6.07, 6.45) is 3.64. The molecule has 0 saturated heterocycles. The van der Waals surface area contributed by atoms with Crippen LogP contribution in [0.15, 0.2) is 11.5 Å². The number of amidine groups is 1. The topological polar surface area (TPSA) is 80.6 Å². The maximum absolute atomic E-state index is 7.45. The van der Waals surface area contributed by atoms with Crippen LogP contribution in [-0.2, 0) is 7.05 Å². The van der Waals surface area contributed by atoms with Gasteiger partial charge < -0.3 is 10.3 Å². The first-order valence-electron chi connectivity index (χ1n) is 5.25. The Morgan fingerprint density at radius 1 is 1.62 bits per heavy atom. The van der Waals surface area contributed by atoms with Crippen molar-refractivity contribution < 1.29 is 0 Å². The molecule has 0 aromatic carbocycles. The number of nitrogens with zero attached hydrogens (tertiary/aromatic N) is 3. The van der Waals surface area contributed by atoms with E-state index >= 15 is 0 Å². The van der Waals surface area contributed by atoms with Gasteiger partial charge in [-0.2, -0.15) is 0 Å². The molecule has 0 radical (unpaired) electrons. The highest BCUT2D eigenvalue weighted by Gasteiger charge is 2.20. The summed E-state index contributed by atoms with van der Waals surface area (Å²) in [6, 6.07) is 0. The molecule has 0 atom stereocenters. The van der Waals surface area contributed by atoms with Gasteiger partial charge in [-0.05, 0) is 12.8 Å². The second kappa shape index (κ2) is 5.34. The van der Waals surface area contributed by atoms with Gasteiger partial charge in [0.15, 0.2) is 5.16 Å². The van der Waals surface area contributed by atoms with Crippen molar-refractivity contribution >= 4 is 17.6 Å². The van der Waals surface area contributed by atoms with Crippen LogP contribution in [0.4, 0.5) is 0 Å². The molecule has 0 saturated carbocycles. The average molecular weight is 241 g/mol.